The number of imidazole rings is 1. The van der Waals surface area contributed by atoms with Crippen LogP contribution in [0.25, 0.3) is 16.9 Å². The minimum absolute atomic E-state index is 0.299. The van der Waals surface area contributed by atoms with E-state index in [0.29, 0.717) is 17.0 Å². The summed E-state index contributed by atoms with van der Waals surface area (Å²) in [5, 5.41) is 7.48. The summed E-state index contributed by atoms with van der Waals surface area (Å²) in [6, 6.07) is 24.7. The van der Waals surface area contributed by atoms with Gasteiger partial charge in [-0.25, -0.2) is 14.1 Å². The van der Waals surface area contributed by atoms with E-state index in [1.54, 1.807) is 47.5 Å². The summed E-state index contributed by atoms with van der Waals surface area (Å²) in [4.78, 5) is 17.7. The number of aromatic nitrogens is 4. The van der Waals surface area contributed by atoms with Crippen LogP contribution >= 0.6 is 0 Å². The second-order valence-electron chi connectivity index (χ2n) is 7.90. The van der Waals surface area contributed by atoms with Gasteiger partial charge in [-0.15, -0.1) is 0 Å². The number of amides is 1. The Morgan fingerprint density at radius 1 is 0.941 bits per heavy atom. The number of nitrogens with one attached hydrogen (secondary N) is 1. The van der Waals surface area contributed by atoms with E-state index in [1.807, 2.05) is 60.1 Å². The van der Waals surface area contributed by atoms with Crippen LogP contribution in [-0.4, -0.2) is 25.2 Å². The van der Waals surface area contributed by atoms with Gasteiger partial charge in [-0.2, -0.15) is 5.10 Å². The van der Waals surface area contributed by atoms with Crippen molar-refractivity contribution in [2.45, 2.75) is 6.04 Å². The standard InChI is InChI=1S/C27H22FN5O/c1-32-16-15-29-26(32)25(20-9-5-11-22(28)17-20)31-27(34)21-10-6-12-23(18-21)33-24(13-14-30-33)19-7-3-2-4-8-19/h2-18,25H,1H3,(H,31,34). The predicted octanol–water partition coefficient (Wildman–Crippen LogP) is 4.93. The van der Waals surface area contributed by atoms with Crippen molar-refractivity contribution in [3.8, 4) is 16.9 Å². The molecule has 0 saturated heterocycles. The topological polar surface area (TPSA) is 64.7 Å². The van der Waals surface area contributed by atoms with Crippen molar-refractivity contribution >= 4 is 5.91 Å². The van der Waals surface area contributed by atoms with Gasteiger partial charge in [0, 0.05) is 30.6 Å². The molecular formula is C27H22FN5O. The molecule has 0 saturated carbocycles. The van der Waals surface area contributed by atoms with Crippen molar-refractivity contribution in [1.82, 2.24) is 24.6 Å². The molecule has 5 rings (SSSR count). The van der Waals surface area contributed by atoms with Gasteiger partial charge in [0.25, 0.3) is 5.91 Å². The number of aryl methyl sites for hydroxylation is 1. The van der Waals surface area contributed by atoms with E-state index >= 15 is 0 Å². The maximum Gasteiger partial charge on any atom is 0.252 e. The van der Waals surface area contributed by atoms with Crippen LogP contribution in [0.15, 0.2) is 104 Å². The molecule has 168 valence electrons. The fourth-order valence-corrected chi connectivity index (χ4v) is 3.97. The monoisotopic (exact) mass is 451 g/mol. The second-order valence-corrected chi connectivity index (χ2v) is 7.90. The molecule has 0 spiro atoms. The largest absolute Gasteiger partial charge is 0.338 e. The summed E-state index contributed by atoms with van der Waals surface area (Å²) in [5.74, 6) is -0.0684. The third-order valence-corrected chi connectivity index (χ3v) is 5.64. The van der Waals surface area contributed by atoms with Crippen LogP contribution in [0, 0.1) is 5.82 Å². The summed E-state index contributed by atoms with van der Waals surface area (Å²) in [7, 11) is 1.84. The van der Waals surface area contributed by atoms with E-state index in [9.17, 15) is 9.18 Å². The molecule has 34 heavy (non-hydrogen) atoms. The zero-order valence-electron chi connectivity index (χ0n) is 18.5. The maximum atomic E-state index is 14.0. The first-order valence-electron chi connectivity index (χ1n) is 10.8. The Morgan fingerprint density at radius 2 is 1.76 bits per heavy atom. The first-order chi connectivity index (χ1) is 16.6. The highest BCUT2D eigenvalue weighted by atomic mass is 19.1. The van der Waals surface area contributed by atoms with Crippen molar-refractivity contribution < 1.29 is 9.18 Å². The Kier molecular flexibility index (Phi) is 5.74. The van der Waals surface area contributed by atoms with E-state index in [2.05, 4.69) is 15.4 Å². The number of carbonyl (C=O) groups is 1. The van der Waals surface area contributed by atoms with Crippen molar-refractivity contribution in [1.29, 1.82) is 0 Å². The van der Waals surface area contributed by atoms with Crippen LogP contribution in [0.1, 0.15) is 27.8 Å². The van der Waals surface area contributed by atoms with Crippen molar-refractivity contribution in [3.05, 3.63) is 126 Å². The molecule has 2 heterocycles. The second kappa shape index (κ2) is 9.15. The van der Waals surface area contributed by atoms with E-state index in [0.717, 1.165) is 16.9 Å². The Labute approximate surface area is 196 Å². The Morgan fingerprint density at radius 3 is 2.53 bits per heavy atom. The normalized spacial score (nSPS) is 11.8. The Hall–Kier alpha value is -4.52. The number of halogens is 1. The molecule has 1 unspecified atom stereocenters. The van der Waals surface area contributed by atoms with E-state index in [-0.39, 0.29) is 11.7 Å². The number of carbonyl (C=O) groups excluding carboxylic acids is 1. The number of hydrogen-bond acceptors (Lipinski definition) is 3. The van der Waals surface area contributed by atoms with Gasteiger partial charge in [0.1, 0.15) is 17.7 Å². The van der Waals surface area contributed by atoms with Gasteiger partial charge >= 0.3 is 0 Å². The van der Waals surface area contributed by atoms with Crippen LogP contribution in [0.3, 0.4) is 0 Å². The van der Waals surface area contributed by atoms with E-state index < -0.39 is 6.04 Å². The summed E-state index contributed by atoms with van der Waals surface area (Å²) >= 11 is 0. The smallest absolute Gasteiger partial charge is 0.252 e. The molecule has 1 N–H and O–H groups in total. The van der Waals surface area contributed by atoms with Gasteiger partial charge in [0.15, 0.2) is 0 Å². The molecule has 0 radical (unpaired) electrons. The predicted molar refractivity (Wildman–Crippen MR) is 128 cm³/mol. The number of benzene rings is 3. The van der Waals surface area contributed by atoms with Crippen LogP contribution in [0.2, 0.25) is 0 Å². The number of hydrogen-bond donors (Lipinski definition) is 1. The van der Waals surface area contributed by atoms with Gasteiger partial charge < -0.3 is 9.88 Å². The minimum atomic E-state index is -0.614. The zero-order valence-corrected chi connectivity index (χ0v) is 18.5. The molecule has 1 amide bonds. The Bertz CT molecular complexity index is 1440. The molecule has 0 fully saturated rings. The van der Waals surface area contributed by atoms with Crippen LogP contribution in [-0.2, 0) is 7.05 Å². The lowest BCUT2D eigenvalue weighted by Crippen LogP contribution is -2.31. The first kappa shape index (κ1) is 21.3. The van der Waals surface area contributed by atoms with Crippen molar-refractivity contribution in [2.75, 3.05) is 0 Å². The van der Waals surface area contributed by atoms with Gasteiger partial charge in [-0.1, -0.05) is 48.5 Å². The Balaban J connectivity index is 1.47. The molecule has 0 aliphatic rings. The van der Waals surface area contributed by atoms with Gasteiger partial charge in [-0.05, 0) is 42.0 Å². The quantitative estimate of drug-likeness (QED) is 0.398. The summed E-state index contributed by atoms with van der Waals surface area (Å²) in [6.07, 6.45) is 5.17. The molecule has 0 bridgehead atoms. The highest BCUT2D eigenvalue weighted by Crippen LogP contribution is 2.24. The summed E-state index contributed by atoms with van der Waals surface area (Å²) < 4.78 is 17.6. The molecule has 5 aromatic rings. The molecule has 0 aliphatic carbocycles. The third-order valence-electron chi connectivity index (χ3n) is 5.64. The molecule has 3 aromatic carbocycles. The highest BCUT2D eigenvalue weighted by molar-refractivity contribution is 5.95. The van der Waals surface area contributed by atoms with Crippen molar-refractivity contribution in [3.63, 3.8) is 0 Å². The lowest BCUT2D eigenvalue weighted by atomic mass is 10.0. The molecule has 6 nitrogen and oxygen atoms in total. The average molecular weight is 452 g/mol. The summed E-state index contributed by atoms with van der Waals surface area (Å²) in [5.41, 5.74) is 3.77. The van der Waals surface area contributed by atoms with E-state index in [1.165, 1.54) is 12.1 Å². The highest BCUT2D eigenvalue weighted by Gasteiger charge is 2.22. The van der Waals surface area contributed by atoms with Gasteiger partial charge in [-0.3, -0.25) is 4.79 Å². The lowest BCUT2D eigenvalue weighted by Gasteiger charge is -2.19. The van der Waals surface area contributed by atoms with E-state index in [4.69, 9.17) is 0 Å². The minimum Gasteiger partial charge on any atom is -0.338 e. The van der Waals surface area contributed by atoms with Crippen LogP contribution in [0.4, 0.5) is 4.39 Å². The average Bonchev–Trinajstić information content (AvgIpc) is 3.52. The summed E-state index contributed by atoms with van der Waals surface area (Å²) in [6.45, 7) is 0. The third kappa shape index (κ3) is 4.23. The molecular weight excluding hydrogens is 429 g/mol. The fraction of sp³-hybridized carbons (Fsp3) is 0.0741. The van der Waals surface area contributed by atoms with Gasteiger partial charge in [0.05, 0.1) is 17.6 Å². The van der Waals surface area contributed by atoms with Crippen LogP contribution < -0.4 is 5.32 Å². The number of nitrogens with zero attached hydrogens (tertiary/aromatic N) is 4. The molecule has 0 aliphatic heterocycles. The maximum absolute atomic E-state index is 14.0. The molecule has 1 atom stereocenters. The number of rotatable bonds is 6. The fourth-order valence-electron chi connectivity index (χ4n) is 3.97. The van der Waals surface area contributed by atoms with Crippen molar-refractivity contribution in [2.24, 2.45) is 7.05 Å². The first-order valence-corrected chi connectivity index (χ1v) is 10.8. The molecule has 2 aromatic heterocycles. The zero-order chi connectivity index (χ0) is 23.5. The SMILES string of the molecule is Cn1ccnc1C(NC(=O)c1cccc(-n2nccc2-c2ccccc2)c1)c1cccc(F)c1. The molecule has 7 heteroatoms. The lowest BCUT2D eigenvalue weighted by molar-refractivity contribution is 0.0941. The van der Waals surface area contributed by atoms with Crippen LogP contribution in [0.5, 0.6) is 0 Å². The van der Waals surface area contributed by atoms with Gasteiger partial charge in [0.2, 0.25) is 0 Å².